The van der Waals surface area contributed by atoms with Crippen molar-refractivity contribution in [2.24, 2.45) is 0 Å². The molecule has 2 rings (SSSR count). The second kappa shape index (κ2) is 31.7. The highest BCUT2D eigenvalue weighted by Crippen LogP contribution is 2.11. The summed E-state index contributed by atoms with van der Waals surface area (Å²) in [5.41, 5.74) is 2.56. The minimum Gasteiger partial charge on any atom is -0.491 e. The van der Waals surface area contributed by atoms with Crippen molar-refractivity contribution < 1.29 is 28.8 Å². The van der Waals surface area contributed by atoms with E-state index in [0.717, 1.165) is 31.8 Å². The van der Waals surface area contributed by atoms with Gasteiger partial charge in [0.25, 0.3) is 0 Å². The van der Waals surface area contributed by atoms with Gasteiger partial charge in [-0.2, -0.15) is 0 Å². The van der Waals surface area contributed by atoms with Crippen molar-refractivity contribution in [1.29, 1.82) is 0 Å². The topological polar surface area (TPSA) is 66.4 Å². The van der Waals surface area contributed by atoms with E-state index in [0.29, 0.717) is 46.2 Å². The van der Waals surface area contributed by atoms with Gasteiger partial charge in [-0.1, -0.05) is 87.8 Å². The standard InChI is InChI=1S/C17H28O3.C10H22O3.C7H7I/c1-3-4-5-6-11-18-12-13-19-14-15-20-17-9-7-16(2)8-10-17;1-2-3-4-5-7-12-9-10-13-8-6-11;1-6-2-4-7(8)5-3-6/h7-10H,3-6,11-15H2,1-2H3;11H,2-10H2,1H3;2-5H,1H3. The first-order valence-corrected chi connectivity index (χ1v) is 16.4. The Labute approximate surface area is 264 Å². The van der Waals surface area contributed by atoms with Crippen LogP contribution in [0, 0.1) is 17.4 Å². The molecule has 0 bridgehead atoms. The average molecular weight is 689 g/mol. The summed E-state index contributed by atoms with van der Waals surface area (Å²) in [5, 5.41) is 8.40. The molecule has 0 saturated carbocycles. The lowest BCUT2D eigenvalue weighted by molar-refractivity contribution is 0.0321. The van der Waals surface area contributed by atoms with Gasteiger partial charge >= 0.3 is 0 Å². The SMILES string of the molecule is CCCCCCOCCOCCO.CCCCCCOCCOCCOc1ccc(C)cc1.Cc1ccc(I)cc1. The lowest BCUT2D eigenvalue weighted by atomic mass is 10.2. The van der Waals surface area contributed by atoms with Gasteiger partial charge in [0.2, 0.25) is 0 Å². The molecule has 7 heteroatoms. The summed E-state index contributed by atoms with van der Waals surface area (Å²) in [4.78, 5) is 0. The van der Waals surface area contributed by atoms with E-state index in [1.165, 1.54) is 53.2 Å². The van der Waals surface area contributed by atoms with Crippen LogP contribution in [0.15, 0.2) is 48.5 Å². The molecule has 0 aliphatic heterocycles. The Morgan fingerprint density at radius 3 is 1.37 bits per heavy atom. The first-order valence-electron chi connectivity index (χ1n) is 15.4. The van der Waals surface area contributed by atoms with Crippen LogP contribution < -0.4 is 4.74 Å². The zero-order valence-electron chi connectivity index (χ0n) is 26.2. The minimum atomic E-state index is 0.0938. The van der Waals surface area contributed by atoms with Crippen LogP contribution in [0.3, 0.4) is 0 Å². The van der Waals surface area contributed by atoms with Gasteiger partial charge in [-0.05, 0) is 73.5 Å². The number of ether oxygens (including phenoxy) is 5. The second-order valence-corrected chi connectivity index (χ2v) is 11.0. The number of hydrogen-bond donors (Lipinski definition) is 1. The fourth-order valence-electron chi connectivity index (χ4n) is 3.36. The average Bonchev–Trinajstić information content (AvgIpc) is 2.98. The first kappa shape index (κ1) is 39.8. The number of hydrogen-bond acceptors (Lipinski definition) is 6. The number of rotatable bonds is 22. The van der Waals surface area contributed by atoms with Crippen molar-refractivity contribution in [3.05, 3.63) is 63.2 Å². The van der Waals surface area contributed by atoms with Crippen LogP contribution in [0.4, 0.5) is 0 Å². The number of benzene rings is 2. The Morgan fingerprint density at radius 1 is 0.512 bits per heavy atom. The number of aliphatic hydroxyl groups excluding tert-OH is 1. The largest absolute Gasteiger partial charge is 0.491 e. The van der Waals surface area contributed by atoms with Crippen LogP contribution in [0.2, 0.25) is 0 Å². The quantitative estimate of drug-likeness (QED) is 0.0995. The fourth-order valence-corrected chi connectivity index (χ4v) is 3.72. The second-order valence-electron chi connectivity index (χ2n) is 9.75. The molecule has 2 aromatic rings. The van der Waals surface area contributed by atoms with Crippen LogP contribution >= 0.6 is 22.6 Å². The molecule has 0 atom stereocenters. The third kappa shape index (κ3) is 30.0. The van der Waals surface area contributed by atoms with E-state index < -0.39 is 0 Å². The molecule has 6 nitrogen and oxygen atoms in total. The highest BCUT2D eigenvalue weighted by atomic mass is 127. The highest BCUT2D eigenvalue weighted by molar-refractivity contribution is 14.1. The van der Waals surface area contributed by atoms with Crippen LogP contribution in [-0.4, -0.2) is 71.2 Å². The molecule has 0 spiro atoms. The van der Waals surface area contributed by atoms with E-state index in [4.69, 9.17) is 28.8 Å². The summed E-state index contributed by atoms with van der Waals surface area (Å²) < 4.78 is 28.2. The number of aliphatic hydroxyl groups is 1. The van der Waals surface area contributed by atoms with E-state index in [-0.39, 0.29) is 6.61 Å². The zero-order valence-corrected chi connectivity index (χ0v) is 28.4. The van der Waals surface area contributed by atoms with Gasteiger partial charge in [0.1, 0.15) is 12.4 Å². The van der Waals surface area contributed by atoms with Gasteiger partial charge in [-0.25, -0.2) is 0 Å². The van der Waals surface area contributed by atoms with Gasteiger partial charge in [0.15, 0.2) is 0 Å². The first-order chi connectivity index (χ1) is 20.0. The Balaban J connectivity index is 0.000000649. The fraction of sp³-hybridized carbons (Fsp3) is 0.647. The van der Waals surface area contributed by atoms with Gasteiger partial charge in [0.05, 0.1) is 46.2 Å². The highest BCUT2D eigenvalue weighted by Gasteiger charge is 1.95. The van der Waals surface area contributed by atoms with E-state index in [9.17, 15) is 0 Å². The molecule has 0 aliphatic carbocycles. The number of unbranched alkanes of at least 4 members (excludes halogenated alkanes) is 6. The van der Waals surface area contributed by atoms with Crippen molar-refractivity contribution in [3.63, 3.8) is 0 Å². The third-order valence-electron chi connectivity index (χ3n) is 5.79. The Kier molecular flexibility index (Phi) is 30.7. The summed E-state index contributed by atoms with van der Waals surface area (Å²) in [7, 11) is 0. The molecule has 0 aliphatic rings. The monoisotopic (exact) mass is 688 g/mol. The summed E-state index contributed by atoms with van der Waals surface area (Å²) in [5.74, 6) is 0.895. The Hall–Kier alpha value is -1.23. The number of aryl methyl sites for hydroxylation is 2. The van der Waals surface area contributed by atoms with Crippen LogP contribution in [0.1, 0.15) is 76.3 Å². The van der Waals surface area contributed by atoms with E-state index in [1.807, 2.05) is 24.3 Å². The molecule has 0 aromatic heterocycles. The molecule has 0 radical (unpaired) electrons. The summed E-state index contributed by atoms with van der Waals surface area (Å²) in [6.45, 7) is 14.5. The van der Waals surface area contributed by atoms with Gasteiger partial charge < -0.3 is 28.8 Å². The van der Waals surface area contributed by atoms with Gasteiger partial charge in [-0.15, -0.1) is 0 Å². The van der Waals surface area contributed by atoms with Crippen molar-refractivity contribution in [2.75, 3.05) is 66.1 Å². The third-order valence-corrected chi connectivity index (χ3v) is 6.51. The molecule has 0 heterocycles. The normalized spacial score (nSPS) is 10.4. The van der Waals surface area contributed by atoms with Crippen molar-refractivity contribution in [1.82, 2.24) is 0 Å². The molecular formula is C34H57IO6. The Morgan fingerprint density at radius 2 is 0.927 bits per heavy atom. The van der Waals surface area contributed by atoms with E-state index in [2.05, 4.69) is 74.6 Å². The lowest BCUT2D eigenvalue weighted by Gasteiger charge is -2.08. The smallest absolute Gasteiger partial charge is 0.119 e. The molecule has 1 N–H and O–H groups in total. The van der Waals surface area contributed by atoms with E-state index in [1.54, 1.807) is 0 Å². The maximum atomic E-state index is 8.40. The molecule has 236 valence electrons. The minimum absolute atomic E-state index is 0.0938. The molecule has 0 unspecified atom stereocenters. The molecular weight excluding hydrogens is 631 g/mol. The number of halogens is 1. The molecule has 0 amide bonds. The van der Waals surface area contributed by atoms with Crippen LogP contribution in [-0.2, 0) is 18.9 Å². The maximum Gasteiger partial charge on any atom is 0.119 e. The van der Waals surface area contributed by atoms with Crippen molar-refractivity contribution >= 4 is 22.6 Å². The summed E-state index contributed by atoms with van der Waals surface area (Å²) >= 11 is 2.30. The molecule has 0 fully saturated rings. The molecule has 0 saturated heterocycles. The van der Waals surface area contributed by atoms with Gasteiger partial charge in [0, 0.05) is 16.8 Å². The predicted molar refractivity (Wildman–Crippen MR) is 179 cm³/mol. The predicted octanol–water partition coefficient (Wildman–Crippen LogP) is 8.18. The van der Waals surface area contributed by atoms with E-state index >= 15 is 0 Å². The van der Waals surface area contributed by atoms with Gasteiger partial charge in [-0.3, -0.25) is 0 Å². The summed E-state index contributed by atoms with van der Waals surface area (Å²) in [6, 6.07) is 16.5. The van der Waals surface area contributed by atoms with Crippen LogP contribution in [0.5, 0.6) is 5.75 Å². The van der Waals surface area contributed by atoms with Crippen molar-refractivity contribution in [3.8, 4) is 5.75 Å². The van der Waals surface area contributed by atoms with Crippen LogP contribution in [0.25, 0.3) is 0 Å². The maximum absolute atomic E-state index is 8.40. The molecule has 41 heavy (non-hydrogen) atoms. The van der Waals surface area contributed by atoms with Crippen molar-refractivity contribution in [2.45, 2.75) is 79.1 Å². The molecule has 2 aromatic carbocycles. The zero-order chi connectivity index (χ0) is 30.2. The Bertz CT molecular complexity index is 739. The lowest BCUT2D eigenvalue weighted by Crippen LogP contribution is -2.11. The summed E-state index contributed by atoms with van der Waals surface area (Å²) in [6.07, 6.45) is 9.96.